The number of nitrogens with one attached hydrogen (secondary N) is 2. The Hall–Kier alpha value is -1.19. The van der Waals surface area contributed by atoms with Gasteiger partial charge in [0.2, 0.25) is 0 Å². The van der Waals surface area contributed by atoms with E-state index in [0.717, 1.165) is 0 Å². The predicted octanol–water partition coefficient (Wildman–Crippen LogP) is 0.767. The quantitative estimate of drug-likeness (QED) is 0.508. The maximum absolute atomic E-state index is 10.1. The second-order valence-electron chi connectivity index (χ2n) is 2.12. The first-order valence-electron chi connectivity index (χ1n) is 2.83. The number of rotatable bonds is 3. The molecule has 0 aliphatic heterocycles. The minimum atomic E-state index is -1.25. The van der Waals surface area contributed by atoms with Gasteiger partial charge in [0.1, 0.15) is 5.71 Å². The van der Waals surface area contributed by atoms with Crippen molar-refractivity contribution in [2.45, 2.75) is 13.8 Å². The van der Waals surface area contributed by atoms with E-state index < -0.39 is 17.6 Å². The Balaban J connectivity index is 4.22. The summed E-state index contributed by atoms with van der Waals surface area (Å²) in [5, 5.41) is 22.2. The summed E-state index contributed by atoms with van der Waals surface area (Å²) in [4.78, 5) is 10.1. The first kappa shape index (κ1) is 8.81. The molecule has 4 nitrogen and oxygen atoms in total. The van der Waals surface area contributed by atoms with Gasteiger partial charge >= 0.3 is 5.97 Å². The van der Waals surface area contributed by atoms with Crippen LogP contribution in [0.5, 0.6) is 0 Å². The maximum atomic E-state index is 10.1. The number of carboxylic acids is 1. The van der Waals surface area contributed by atoms with E-state index in [2.05, 4.69) is 0 Å². The average Bonchev–Trinajstić information content (AvgIpc) is 1.84. The van der Waals surface area contributed by atoms with Gasteiger partial charge in [-0.25, -0.2) is 4.79 Å². The summed E-state index contributed by atoms with van der Waals surface area (Å²) in [6, 6.07) is 0. The highest BCUT2D eigenvalue weighted by atomic mass is 16.4. The fourth-order valence-corrected chi connectivity index (χ4v) is 0.402. The van der Waals surface area contributed by atoms with Crippen molar-refractivity contribution < 1.29 is 9.90 Å². The van der Waals surface area contributed by atoms with Gasteiger partial charge in [-0.15, -0.1) is 0 Å². The third-order valence-corrected chi connectivity index (χ3v) is 1.31. The van der Waals surface area contributed by atoms with Gasteiger partial charge in [0.15, 0.2) is 0 Å². The first-order chi connectivity index (χ1) is 4.46. The summed E-state index contributed by atoms with van der Waals surface area (Å²) < 4.78 is 0. The molecule has 0 saturated heterocycles. The molecular formula is C6H10N2O2. The zero-order valence-corrected chi connectivity index (χ0v) is 5.93. The molecule has 0 aromatic rings. The molecule has 0 aromatic carbocycles. The molecule has 0 amide bonds. The van der Waals surface area contributed by atoms with Gasteiger partial charge in [-0.1, -0.05) is 6.92 Å². The number of hydrogen-bond acceptors (Lipinski definition) is 3. The lowest BCUT2D eigenvalue weighted by molar-refractivity contribution is -0.129. The van der Waals surface area contributed by atoms with Crippen LogP contribution in [0.3, 0.4) is 0 Å². The summed E-state index contributed by atoms with van der Waals surface area (Å²) in [5.41, 5.74) is -0.222. The van der Waals surface area contributed by atoms with Crippen molar-refractivity contribution in [1.82, 2.24) is 0 Å². The Morgan fingerprint density at radius 3 is 2.00 bits per heavy atom. The van der Waals surface area contributed by atoms with E-state index in [1.54, 1.807) is 0 Å². The molecule has 1 atom stereocenters. The zero-order chi connectivity index (χ0) is 8.31. The molecule has 3 N–H and O–H groups in total. The van der Waals surface area contributed by atoms with Gasteiger partial charge in [-0.3, -0.25) is 5.41 Å². The lowest BCUT2D eigenvalue weighted by Crippen LogP contribution is -2.24. The molecule has 0 spiro atoms. The van der Waals surface area contributed by atoms with Crippen molar-refractivity contribution in [3.05, 3.63) is 0 Å². The van der Waals surface area contributed by atoms with Crippen molar-refractivity contribution in [1.29, 1.82) is 10.8 Å². The van der Waals surface area contributed by atoms with Crippen molar-refractivity contribution in [3.63, 3.8) is 0 Å². The Bertz CT molecular complexity index is 186. The van der Waals surface area contributed by atoms with E-state index in [1.165, 1.54) is 13.8 Å². The highest BCUT2D eigenvalue weighted by Gasteiger charge is 2.16. The van der Waals surface area contributed by atoms with E-state index in [-0.39, 0.29) is 5.71 Å². The topological polar surface area (TPSA) is 85.0 Å². The molecule has 0 aliphatic rings. The monoisotopic (exact) mass is 142 g/mol. The van der Waals surface area contributed by atoms with Gasteiger partial charge in [0.25, 0.3) is 0 Å². The summed E-state index contributed by atoms with van der Waals surface area (Å²) in [7, 11) is 0. The highest BCUT2D eigenvalue weighted by Crippen LogP contribution is 1.98. The fourth-order valence-electron chi connectivity index (χ4n) is 0.402. The summed E-state index contributed by atoms with van der Waals surface area (Å²) in [6.45, 7) is 3.01. The van der Waals surface area contributed by atoms with Crippen LogP contribution in [-0.4, -0.2) is 22.5 Å². The number of aliphatic carboxylic acids is 1. The first-order valence-corrected chi connectivity index (χ1v) is 2.83. The number of hydrogen-bond donors (Lipinski definition) is 3. The van der Waals surface area contributed by atoms with Gasteiger partial charge in [-0.2, -0.15) is 0 Å². The summed E-state index contributed by atoms with van der Waals surface area (Å²) in [6.07, 6.45) is 0. The molecule has 0 aromatic heterocycles. The van der Waals surface area contributed by atoms with Crippen molar-refractivity contribution >= 4 is 17.4 Å². The minimum absolute atomic E-state index is 0.201. The van der Waals surface area contributed by atoms with E-state index in [1.807, 2.05) is 0 Å². The van der Waals surface area contributed by atoms with Gasteiger partial charge in [0.05, 0.1) is 0 Å². The van der Waals surface area contributed by atoms with Crippen molar-refractivity contribution in [2.75, 3.05) is 0 Å². The van der Waals surface area contributed by atoms with Gasteiger partial charge in [-0.05, 0) is 6.92 Å². The smallest absolute Gasteiger partial charge is 0.350 e. The highest BCUT2D eigenvalue weighted by molar-refractivity contribution is 6.38. The van der Waals surface area contributed by atoms with E-state index >= 15 is 0 Å². The molecule has 1 unspecified atom stereocenters. The molecular weight excluding hydrogens is 132 g/mol. The second kappa shape index (κ2) is 3.10. The van der Waals surface area contributed by atoms with E-state index in [4.69, 9.17) is 15.9 Å². The van der Waals surface area contributed by atoms with Crippen molar-refractivity contribution in [3.8, 4) is 0 Å². The number of carboxylic acid groups (broad SMARTS) is 1. The summed E-state index contributed by atoms with van der Waals surface area (Å²) >= 11 is 0. The largest absolute Gasteiger partial charge is 0.477 e. The SMILES string of the molecule is CC(=N)C(C)C(=N)C(=O)O. The Labute approximate surface area is 58.9 Å². The van der Waals surface area contributed by atoms with Crippen molar-refractivity contribution in [2.24, 2.45) is 5.92 Å². The Morgan fingerprint density at radius 1 is 1.50 bits per heavy atom. The lowest BCUT2D eigenvalue weighted by Gasteiger charge is -2.05. The zero-order valence-electron chi connectivity index (χ0n) is 5.93. The molecule has 0 bridgehead atoms. The Kier molecular flexibility index (Phi) is 2.73. The van der Waals surface area contributed by atoms with Crippen LogP contribution in [-0.2, 0) is 4.79 Å². The van der Waals surface area contributed by atoms with Crippen LogP contribution in [0.25, 0.3) is 0 Å². The fraction of sp³-hybridized carbons (Fsp3) is 0.500. The third kappa shape index (κ3) is 1.97. The van der Waals surface area contributed by atoms with E-state index in [0.29, 0.717) is 0 Å². The van der Waals surface area contributed by atoms with Crippen LogP contribution in [0.15, 0.2) is 0 Å². The van der Waals surface area contributed by atoms with Gasteiger partial charge in [0, 0.05) is 11.6 Å². The van der Waals surface area contributed by atoms with Crippen LogP contribution in [0.1, 0.15) is 13.8 Å². The predicted molar refractivity (Wildman–Crippen MR) is 37.9 cm³/mol. The molecule has 0 heterocycles. The molecule has 10 heavy (non-hydrogen) atoms. The lowest BCUT2D eigenvalue weighted by atomic mass is 10.0. The molecule has 56 valence electrons. The van der Waals surface area contributed by atoms with Crippen LogP contribution < -0.4 is 0 Å². The Morgan fingerprint density at radius 2 is 1.90 bits per heavy atom. The van der Waals surface area contributed by atoms with Crippen LogP contribution in [0.4, 0.5) is 0 Å². The van der Waals surface area contributed by atoms with E-state index in [9.17, 15) is 4.79 Å². The van der Waals surface area contributed by atoms with Gasteiger partial charge < -0.3 is 10.5 Å². The number of carbonyl (C=O) groups is 1. The molecule has 0 aliphatic carbocycles. The third-order valence-electron chi connectivity index (χ3n) is 1.31. The average molecular weight is 142 g/mol. The molecule has 4 heteroatoms. The van der Waals surface area contributed by atoms with Crippen LogP contribution in [0, 0.1) is 16.7 Å². The van der Waals surface area contributed by atoms with Crippen LogP contribution in [0.2, 0.25) is 0 Å². The summed E-state index contributed by atoms with van der Waals surface area (Å²) in [5.74, 6) is -1.82. The standard InChI is InChI=1S/C6H10N2O2/c1-3(4(2)7)5(8)6(9)10/h3,7-8H,1-2H3,(H,9,10). The molecule has 0 saturated carbocycles. The maximum Gasteiger partial charge on any atom is 0.350 e. The molecule has 0 fully saturated rings. The minimum Gasteiger partial charge on any atom is -0.477 e. The second-order valence-corrected chi connectivity index (χ2v) is 2.12. The normalized spacial score (nSPS) is 12.2. The molecule has 0 rings (SSSR count). The molecule has 0 radical (unpaired) electrons. The van der Waals surface area contributed by atoms with Crippen LogP contribution >= 0.6 is 0 Å².